The van der Waals surface area contributed by atoms with Gasteiger partial charge in [0.1, 0.15) is 6.04 Å². The van der Waals surface area contributed by atoms with Gasteiger partial charge < -0.3 is 20.6 Å². The number of hydrogen-bond acceptors (Lipinski definition) is 4. The van der Waals surface area contributed by atoms with E-state index in [1.165, 1.54) is 6.42 Å². The van der Waals surface area contributed by atoms with Gasteiger partial charge in [-0.25, -0.2) is 4.79 Å². The lowest BCUT2D eigenvalue weighted by Gasteiger charge is -2.38. The Labute approximate surface area is 214 Å². The predicted octanol–water partition coefficient (Wildman–Crippen LogP) is 4.92. The van der Waals surface area contributed by atoms with E-state index >= 15 is 0 Å². The van der Waals surface area contributed by atoms with Gasteiger partial charge in [-0.05, 0) is 82.4 Å². The molecule has 1 aromatic carbocycles. The molecule has 4 N–H and O–H groups in total. The summed E-state index contributed by atoms with van der Waals surface area (Å²) in [6.07, 6.45) is 9.77. The Kier molecular flexibility index (Phi) is 9.02. The zero-order valence-electron chi connectivity index (χ0n) is 21.7. The quantitative estimate of drug-likeness (QED) is 0.417. The Morgan fingerprint density at radius 3 is 2.47 bits per heavy atom. The van der Waals surface area contributed by atoms with Crippen LogP contribution in [0.3, 0.4) is 0 Å². The first-order valence-corrected chi connectivity index (χ1v) is 13.6. The molecule has 1 aromatic heterocycles. The lowest BCUT2D eigenvalue weighted by atomic mass is 9.83. The molecule has 1 saturated carbocycles. The van der Waals surface area contributed by atoms with Crippen molar-refractivity contribution >= 4 is 17.6 Å². The van der Waals surface area contributed by atoms with Gasteiger partial charge in [-0.1, -0.05) is 31.4 Å². The molecule has 2 aliphatic rings. The van der Waals surface area contributed by atoms with Gasteiger partial charge >= 0.3 is 6.03 Å². The minimum absolute atomic E-state index is 0.128. The molecule has 0 radical (unpaired) electrons. The number of urea groups is 1. The maximum atomic E-state index is 13.5. The number of nitrogens with one attached hydrogen (secondary N) is 3. The minimum atomic E-state index is -0.559. The van der Waals surface area contributed by atoms with Crippen LogP contribution in [0.25, 0.3) is 11.1 Å². The van der Waals surface area contributed by atoms with Gasteiger partial charge in [0.2, 0.25) is 5.91 Å². The number of carbonyl (C=O) groups is 2. The van der Waals surface area contributed by atoms with Crippen LogP contribution in [0.1, 0.15) is 75.6 Å². The molecule has 196 valence electrons. The fraction of sp³-hybridized carbons (Fsp3) is 0.607. The normalized spacial score (nSPS) is 19.6. The molecule has 2 atom stereocenters. The number of aliphatic hydroxyl groups excluding tert-OH is 1. The van der Waals surface area contributed by atoms with Gasteiger partial charge in [0.05, 0.1) is 5.69 Å². The van der Waals surface area contributed by atoms with Crippen molar-refractivity contribution in [1.82, 2.24) is 20.4 Å². The molecule has 2 aromatic rings. The van der Waals surface area contributed by atoms with Gasteiger partial charge in [-0.15, -0.1) is 0 Å². The molecule has 2 unspecified atom stereocenters. The number of aliphatic hydroxyl groups is 1. The molecule has 2 heterocycles. The summed E-state index contributed by atoms with van der Waals surface area (Å²) in [4.78, 5) is 28.8. The SMILES string of the molecule is Cc1n[nH]c(C)c1-c1ccc(NC(=O)C(NC(=O)N2CCCCC2CCCO)C2CCCCC2)cc1. The third-order valence-electron chi connectivity index (χ3n) is 7.84. The zero-order chi connectivity index (χ0) is 25.5. The summed E-state index contributed by atoms with van der Waals surface area (Å²) in [6, 6.07) is 7.23. The number of piperidine rings is 1. The fourth-order valence-electron chi connectivity index (χ4n) is 5.89. The number of likely N-dealkylation sites (tertiary alicyclic amines) is 1. The number of amides is 3. The van der Waals surface area contributed by atoms with E-state index in [-0.39, 0.29) is 30.5 Å². The van der Waals surface area contributed by atoms with Crippen molar-refractivity contribution in [1.29, 1.82) is 0 Å². The lowest BCUT2D eigenvalue weighted by molar-refractivity contribution is -0.119. The van der Waals surface area contributed by atoms with Crippen LogP contribution in [0.4, 0.5) is 10.5 Å². The molecule has 36 heavy (non-hydrogen) atoms. The molecule has 4 rings (SSSR count). The summed E-state index contributed by atoms with van der Waals surface area (Å²) in [6.45, 7) is 4.81. The van der Waals surface area contributed by atoms with Crippen LogP contribution in [0.2, 0.25) is 0 Å². The van der Waals surface area contributed by atoms with E-state index in [1.807, 2.05) is 43.0 Å². The number of aromatic nitrogens is 2. The molecular formula is C28H41N5O3. The molecule has 1 aliphatic heterocycles. The number of benzene rings is 1. The van der Waals surface area contributed by atoms with Crippen LogP contribution in [0, 0.1) is 19.8 Å². The van der Waals surface area contributed by atoms with E-state index in [0.29, 0.717) is 13.0 Å². The smallest absolute Gasteiger partial charge is 0.318 e. The Hall–Kier alpha value is -2.87. The van der Waals surface area contributed by atoms with Crippen LogP contribution in [-0.4, -0.2) is 57.4 Å². The average molecular weight is 496 g/mol. The van der Waals surface area contributed by atoms with Gasteiger partial charge in [-0.2, -0.15) is 5.10 Å². The van der Waals surface area contributed by atoms with E-state index in [0.717, 1.165) is 79.6 Å². The van der Waals surface area contributed by atoms with E-state index in [4.69, 9.17) is 0 Å². The summed E-state index contributed by atoms with van der Waals surface area (Å²) in [7, 11) is 0. The van der Waals surface area contributed by atoms with Crippen molar-refractivity contribution in [2.45, 2.75) is 90.1 Å². The number of carbonyl (C=O) groups excluding carboxylic acids is 2. The second-order valence-electron chi connectivity index (χ2n) is 10.4. The third-order valence-corrected chi connectivity index (χ3v) is 7.84. The second-order valence-corrected chi connectivity index (χ2v) is 10.4. The Morgan fingerprint density at radius 1 is 1.08 bits per heavy atom. The van der Waals surface area contributed by atoms with Crippen molar-refractivity contribution in [2.24, 2.45) is 5.92 Å². The number of H-pyrrole nitrogens is 1. The standard InChI is InChI=1S/C28H41N5O3/c1-19-25(20(2)32-31-19)21-13-15-23(16-14-21)29-27(35)26(22-9-4-3-5-10-22)30-28(36)33-17-7-6-11-24(33)12-8-18-34/h13-16,22,24,26,34H,3-12,17-18H2,1-2H3,(H,29,35)(H,30,36)(H,31,32). The molecule has 0 bridgehead atoms. The largest absolute Gasteiger partial charge is 0.396 e. The molecule has 1 aliphatic carbocycles. The van der Waals surface area contributed by atoms with Gasteiger partial charge in [0.25, 0.3) is 0 Å². The molecule has 8 heteroatoms. The van der Waals surface area contributed by atoms with Crippen LogP contribution in [-0.2, 0) is 4.79 Å². The van der Waals surface area contributed by atoms with Gasteiger partial charge in [0.15, 0.2) is 0 Å². The highest BCUT2D eigenvalue weighted by atomic mass is 16.3. The summed E-state index contributed by atoms with van der Waals surface area (Å²) >= 11 is 0. The number of aryl methyl sites for hydroxylation is 2. The Morgan fingerprint density at radius 2 is 1.81 bits per heavy atom. The van der Waals surface area contributed by atoms with E-state index in [2.05, 4.69) is 20.8 Å². The van der Waals surface area contributed by atoms with Crippen molar-refractivity contribution < 1.29 is 14.7 Å². The van der Waals surface area contributed by atoms with Gasteiger partial charge in [0, 0.05) is 36.1 Å². The number of aromatic amines is 1. The first-order valence-electron chi connectivity index (χ1n) is 13.6. The van der Waals surface area contributed by atoms with Crippen LogP contribution >= 0.6 is 0 Å². The summed E-state index contributed by atoms with van der Waals surface area (Å²) in [5.41, 5.74) is 4.81. The van der Waals surface area contributed by atoms with Crippen LogP contribution in [0.15, 0.2) is 24.3 Å². The zero-order valence-corrected chi connectivity index (χ0v) is 21.7. The molecule has 8 nitrogen and oxygen atoms in total. The van der Waals surface area contributed by atoms with Gasteiger partial charge in [-0.3, -0.25) is 9.89 Å². The highest BCUT2D eigenvalue weighted by Gasteiger charge is 2.34. The highest BCUT2D eigenvalue weighted by Crippen LogP contribution is 2.29. The molecular weight excluding hydrogens is 454 g/mol. The van der Waals surface area contributed by atoms with Crippen LogP contribution in [0.5, 0.6) is 0 Å². The summed E-state index contributed by atoms with van der Waals surface area (Å²) in [5, 5.41) is 22.8. The first-order chi connectivity index (χ1) is 17.5. The Balaban J connectivity index is 1.46. The summed E-state index contributed by atoms with van der Waals surface area (Å²) < 4.78 is 0. The number of hydrogen-bond donors (Lipinski definition) is 4. The lowest BCUT2D eigenvalue weighted by Crippen LogP contribution is -2.56. The molecule has 2 fully saturated rings. The van der Waals surface area contributed by atoms with Crippen LogP contribution < -0.4 is 10.6 Å². The number of nitrogens with zero attached hydrogens (tertiary/aromatic N) is 2. The molecule has 0 spiro atoms. The summed E-state index contributed by atoms with van der Waals surface area (Å²) in [5.74, 6) is -0.0125. The first kappa shape index (κ1) is 26.2. The average Bonchev–Trinajstić information content (AvgIpc) is 3.24. The molecule has 1 saturated heterocycles. The Bertz CT molecular complexity index is 993. The third kappa shape index (κ3) is 6.27. The van der Waals surface area contributed by atoms with Crippen molar-refractivity contribution in [2.75, 3.05) is 18.5 Å². The minimum Gasteiger partial charge on any atom is -0.396 e. The van der Waals surface area contributed by atoms with E-state index in [9.17, 15) is 14.7 Å². The van der Waals surface area contributed by atoms with Crippen molar-refractivity contribution in [3.05, 3.63) is 35.7 Å². The van der Waals surface area contributed by atoms with E-state index < -0.39 is 6.04 Å². The maximum absolute atomic E-state index is 13.5. The monoisotopic (exact) mass is 495 g/mol. The predicted molar refractivity (Wildman–Crippen MR) is 142 cm³/mol. The number of anilines is 1. The maximum Gasteiger partial charge on any atom is 0.318 e. The highest BCUT2D eigenvalue weighted by molar-refractivity contribution is 5.97. The fourth-order valence-corrected chi connectivity index (χ4v) is 5.89. The second kappa shape index (κ2) is 12.4. The molecule has 3 amide bonds. The number of rotatable bonds is 8. The topological polar surface area (TPSA) is 110 Å². The van der Waals surface area contributed by atoms with Crippen molar-refractivity contribution in [3.63, 3.8) is 0 Å². The van der Waals surface area contributed by atoms with Crippen molar-refractivity contribution in [3.8, 4) is 11.1 Å². The van der Waals surface area contributed by atoms with E-state index in [1.54, 1.807) is 0 Å².